The number of nitrogens with two attached hydrogens (primary N) is 1. The molecular weight excluding hydrogens is 410 g/mol. The van der Waals surface area contributed by atoms with E-state index in [2.05, 4.69) is 4.98 Å². The third-order valence-corrected chi connectivity index (χ3v) is 6.24. The number of Topliss-reactive ketones (excluding diaryl/α,β-unsaturated/α-hetero) is 1. The lowest BCUT2D eigenvalue weighted by Gasteiger charge is -2.30. The molecular formula is C24H29N3O5. The van der Waals surface area contributed by atoms with Crippen LogP contribution in [0.4, 0.5) is 5.69 Å². The normalized spacial score (nSPS) is 21.8. The predicted octanol–water partition coefficient (Wildman–Crippen LogP) is 2.43. The Bertz CT molecular complexity index is 989. The Labute approximate surface area is 187 Å². The molecule has 1 amide bonds. The van der Waals surface area contributed by atoms with Gasteiger partial charge < -0.3 is 25.5 Å². The summed E-state index contributed by atoms with van der Waals surface area (Å²) in [6.07, 6.45) is 7.04. The van der Waals surface area contributed by atoms with Crippen LogP contribution in [0, 0.1) is 5.21 Å². The molecule has 1 aliphatic heterocycles. The minimum atomic E-state index is -1.04. The molecule has 0 spiro atoms. The summed E-state index contributed by atoms with van der Waals surface area (Å²) >= 11 is 0. The molecule has 1 fully saturated rings. The number of aromatic nitrogens is 1. The number of fused-ring (bicyclic) bond motifs is 1. The zero-order valence-electron chi connectivity index (χ0n) is 18.2. The first-order valence-corrected chi connectivity index (χ1v) is 11.2. The molecule has 2 aromatic rings. The van der Waals surface area contributed by atoms with Gasteiger partial charge in [-0.25, -0.2) is 4.98 Å². The van der Waals surface area contributed by atoms with Crippen LogP contribution >= 0.6 is 0 Å². The number of rotatable bonds is 8. The van der Waals surface area contributed by atoms with Crippen LogP contribution in [0.3, 0.4) is 0 Å². The van der Waals surface area contributed by atoms with Gasteiger partial charge in [-0.2, -0.15) is 0 Å². The fraction of sp³-hybridized carbons (Fsp3) is 0.458. The SMILES string of the molecule is CCOc1cc(C(CC(N)=O)C2C(=O)c3ncccc3[NH+]2[O-])ccc1OC1CCCCC1. The van der Waals surface area contributed by atoms with E-state index in [1.807, 2.05) is 6.92 Å². The van der Waals surface area contributed by atoms with Gasteiger partial charge >= 0.3 is 0 Å². The van der Waals surface area contributed by atoms with E-state index in [0.29, 0.717) is 29.4 Å². The number of ether oxygens (including phenoxy) is 2. The monoisotopic (exact) mass is 439 g/mol. The molecule has 8 nitrogen and oxygen atoms in total. The van der Waals surface area contributed by atoms with Gasteiger partial charge in [-0.1, -0.05) is 12.5 Å². The second kappa shape index (κ2) is 9.67. The summed E-state index contributed by atoms with van der Waals surface area (Å²) in [5.41, 5.74) is 6.60. The van der Waals surface area contributed by atoms with Crippen molar-refractivity contribution in [2.75, 3.05) is 6.61 Å². The van der Waals surface area contributed by atoms with Gasteiger partial charge in [0, 0.05) is 18.7 Å². The number of nitrogens with one attached hydrogen (secondary N) is 1. The maximum Gasteiger partial charge on any atom is 0.245 e. The van der Waals surface area contributed by atoms with Gasteiger partial charge in [-0.3, -0.25) is 9.59 Å². The molecule has 0 saturated heterocycles. The molecule has 1 aromatic carbocycles. The van der Waals surface area contributed by atoms with Gasteiger partial charge in [-0.15, -0.1) is 0 Å². The topological polar surface area (TPSA) is 119 Å². The molecule has 0 radical (unpaired) electrons. The summed E-state index contributed by atoms with van der Waals surface area (Å²) in [6.45, 7) is 2.31. The summed E-state index contributed by atoms with van der Waals surface area (Å²) in [6, 6.07) is 7.55. The quantitative estimate of drug-likeness (QED) is 0.610. The lowest BCUT2D eigenvalue weighted by Crippen LogP contribution is -3.06. The lowest BCUT2D eigenvalue weighted by atomic mass is 9.86. The molecule has 0 bridgehead atoms. The van der Waals surface area contributed by atoms with Gasteiger partial charge in [0.1, 0.15) is 0 Å². The molecule has 4 rings (SSSR count). The minimum absolute atomic E-state index is 0.134. The smallest absolute Gasteiger partial charge is 0.245 e. The third-order valence-electron chi connectivity index (χ3n) is 6.24. The molecule has 2 aliphatic rings. The average Bonchev–Trinajstić information content (AvgIpc) is 3.04. The van der Waals surface area contributed by atoms with E-state index in [1.165, 1.54) is 12.6 Å². The maximum absolute atomic E-state index is 13.1. The molecule has 3 unspecified atom stereocenters. The molecule has 3 atom stereocenters. The van der Waals surface area contributed by atoms with Gasteiger partial charge in [0.05, 0.1) is 18.6 Å². The Morgan fingerprint density at radius 3 is 2.72 bits per heavy atom. The van der Waals surface area contributed by atoms with Crippen LogP contribution in [-0.2, 0) is 4.79 Å². The standard InChI is InChI=1S/C24H29N3O5/c1-2-31-20-13-15(10-11-19(20)32-16-7-4-3-5-8-16)17(14-21(25)28)23-24(29)22-18(27(23)30)9-6-12-26-22/h6,9-13,16-17,23,27H,2-5,7-8,14H2,1H3,(H2,25,28). The molecule has 8 heteroatoms. The fourth-order valence-corrected chi connectivity index (χ4v) is 4.73. The largest absolute Gasteiger partial charge is 0.628 e. The van der Waals surface area contributed by atoms with Crippen LogP contribution in [0.25, 0.3) is 0 Å². The van der Waals surface area contributed by atoms with Crippen molar-refractivity contribution in [1.29, 1.82) is 0 Å². The number of primary amides is 1. The number of hydroxylamine groups is 1. The Kier molecular flexibility index (Phi) is 6.72. The fourth-order valence-electron chi connectivity index (χ4n) is 4.73. The number of hydrogen-bond acceptors (Lipinski definition) is 6. The van der Waals surface area contributed by atoms with Gasteiger partial charge in [0.25, 0.3) is 0 Å². The van der Waals surface area contributed by atoms with E-state index in [-0.39, 0.29) is 29.1 Å². The van der Waals surface area contributed by atoms with E-state index < -0.39 is 17.9 Å². The van der Waals surface area contributed by atoms with Crippen molar-refractivity contribution in [2.24, 2.45) is 5.73 Å². The van der Waals surface area contributed by atoms with Crippen molar-refractivity contribution in [3.8, 4) is 11.5 Å². The van der Waals surface area contributed by atoms with Crippen LogP contribution in [0.2, 0.25) is 0 Å². The Balaban J connectivity index is 1.67. The second-order valence-electron chi connectivity index (χ2n) is 8.40. The number of quaternary nitrogens is 1. The van der Waals surface area contributed by atoms with Crippen molar-refractivity contribution in [2.45, 2.75) is 63.5 Å². The first-order chi connectivity index (χ1) is 15.5. The van der Waals surface area contributed by atoms with Crippen molar-refractivity contribution in [3.63, 3.8) is 0 Å². The third kappa shape index (κ3) is 4.47. The first-order valence-electron chi connectivity index (χ1n) is 11.2. The maximum atomic E-state index is 13.1. The van der Waals surface area contributed by atoms with Crippen molar-refractivity contribution in [3.05, 3.63) is 53.0 Å². The Morgan fingerprint density at radius 2 is 2.03 bits per heavy atom. The van der Waals surface area contributed by atoms with Gasteiger partial charge in [-0.05, 0) is 56.4 Å². The van der Waals surface area contributed by atoms with Crippen LogP contribution in [0.15, 0.2) is 36.5 Å². The summed E-state index contributed by atoms with van der Waals surface area (Å²) in [4.78, 5) is 29.0. The number of pyridine rings is 1. The molecule has 32 heavy (non-hydrogen) atoms. The molecule has 170 valence electrons. The summed E-state index contributed by atoms with van der Waals surface area (Å²) in [7, 11) is 0. The summed E-state index contributed by atoms with van der Waals surface area (Å²) < 4.78 is 12.0. The van der Waals surface area contributed by atoms with E-state index in [1.54, 1.807) is 30.3 Å². The number of benzene rings is 1. The zero-order valence-corrected chi connectivity index (χ0v) is 18.2. The van der Waals surface area contributed by atoms with E-state index in [9.17, 15) is 14.8 Å². The number of amides is 1. The predicted molar refractivity (Wildman–Crippen MR) is 118 cm³/mol. The van der Waals surface area contributed by atoms with Crippen LogP contribution in [0.1, 0.15) is 67.4 Å². The van der Waals surface area contributed by atoms with Gasteiger partial charge in [0.15, 0.2) is 28.9 Å². The summed E-state index contributed by atoms with van der Waals surface area (Å²) in [5, 5.41) is 12.7. The number of ketones is 1. The van der Waals surface area contributed by atoms with Crippen LogP contribution in [0.5, 0.6) is 11.5 Å². The highest BCUT2D eigenvalue weighted by Gasteiger charge is 2.45. The van der Waals surface area contributed by atoms with Crippen LogP contribution in [-0.4, -0.2) is 35.4 Å². The lowest BCUT2D eigenvalue weighted by molar-refractivity contribution is -0.792. The number of carbonyl (C=O) groups excluding carboxylic acids is 2. The average molecular weight is 440 g/mol. The molecule has 1 aromatic heterocycles. The molecule has 1 saturated carbocycles. The minimum Gasteiger partial charge on any atom is -0.628 e. The molecule has 1 aliphatic carbocycles. The second-order valence-corrected chi connectivity index (χ2v) is 8.40. The number of hydrogen-bond donors (Lipinski definition) is 2. The van der Waals surface area contributed by atoms with Crippen LogP contribution < -0.4 is 20.3 Å². The number of nitrogens with zero attached hydrogens (tertiary/aromatic N) is 1. The van der Waals surface area contributed by atoms with E-state index in [0.717, 1.165) is 25.7 Å². The van der Waals surface area contributed by atoms with Crippen molar-refractivity contribution in [1.82, 2.24) is 4.98 Å². The van der Waals surface area contributed by atoms with Gasteiger partial charge in [0.2, 0.25) is 11.7 Å². The van der Waals surface area contributed by atoms with E-state index >= 15 is 0 Å². The number of carbonyl (C=O) groups is 2. The van der Waals surface area contributed by atoms with E-state index in [4.69, 9.17) is 15.2 Å². The highest BCUT2D eigenvalue weighted by Crippen LogP contribution is 2.37. The Morgan fingerprint density at radius 1 is 1.25 bits per heavy atom. The van der Waals surface area contributed by atoms with Crippen molar-refractivity contribution >= 4 is 17.4 Å². The molecule has 3 N–H and O–H groups in total. The molecule has 2 heterocycles. The summed E-state index contributed by atoms with van der Waals surface area (Å²) in [5.74, 6) is -0.491. The highest BCUT2D eigenvalue weighted by atomic mass is 16.5. The zero-order chi connectivity index (χ0) is 22.7. The first kappa shape index (κ1) is 22.2. The Hall–Kier alpha value is -2.97. The highest BCUT2D eigenvalue weighted by molar-refractivity contribution is 6.04. The van der Waals surface area contributed by atoms with Crippen molar-refractivity contribution < 1.29 is 24.1 Å².